The molecule has 1 aliphatic rings. The molecule has 1 fully saturated rings. The molecule has 1 aromatic heterocycles. The van der Waals surface area contributed by atoms with E-state index in [0.29, 0.717) is 39.1 Å². The van der Waals surface area contributed by atoms with E-state index in [1.54, 1.807) is 5.51 Å². The minimum absolute atomic E-state index is 0.0244. The fraction of sp³-hybridized carbons (Fsp3) is 0.636. The molecule has 3 N–H and O–H groups in total. The molecule has 0 saturated carbocycles. The number of amides is 1. The first-order chi connectivity index (χ1) is 8.27. The van der Waals surface area contributed by atoms with Gasteiger partial charge in [-0.25, -0.2) is 4.98 Å². The number of rotatable bonds is 4. The van der Waals surface area contributed by atoms with Crippen molar-refractivity contribution < 1.29 is 9.53 Å². The first-order valence-electron chi connectivity index (χ1n) is 5.70. The van der Waals surface area contributed by atoms with Crippen LogP contribution in [0, 0.1) is 5.41 Å². The molecular weight excluding hydrogens is 238 g/mol. The van der Waals surface area contributed by atoms with Crippen LogP contribution in [-0.4, -0.2) is 30.6 Å². The van der Waals surface area contributed by atoms with Crippen molar-refractivity contribution in [3.05, 3.63) is 16.6 Å². The fourth-order valence-corrected chi connectivity index (χ4v) is 2.53. The number of aromatic nitrogens is 1. The predicted molar refractivity (Wildman–Crippen MR) is 65.5 cm³/mol. The molecule has 0 radical (unpaired) electrons. The summed E-state index contributed by atoms with van der Waals surface area (Å²) in [6.45, 7) is 2.08. The van der Waals surface area contributed by atoms with E-state index in [-0.39, 0.29) is 5.91 Å². The Morgan fingerprint density at radius 1 is 1.59 bits per heavy atom. The summed E-state index contributed by atoms with van der Waals surface area (Å²) in [5.41, 5.74) is 7.96. The van der Waals surface area contributed by atoms with Crippen molar-refractivity contribution >= 4 is 17.2 Å². The number of thiazole rings is 1. The molecule has 6 heteroatoms. The number of ether oxygens (including phenoxy) is 1. The minimum atomic E-state index is -0.450. The molecular formula is C11H17N3O2S. The van der Waals surface area contributed by atoms with E-state index < -0.39 is 5.41 Å². The highest BCUT2D eigenvalue weighted by atomic mass is 32.1. The molecule has 2 rings (SSSR count). The number of hydrogen-bond donors (Lipinski definition) is 2. The number of nitrogens with two attached hydrogens (primary N) is 1. The van der Waals surface area contributed by atoms with Gasteiger partial charge in [0, 0.05) is 25.1 Å². The Hall–Kier alpha value is -0.980. The van der Waals surface area contributed by atoms with Crippen molar-refractivity contribution in [1.82, 2.24) is 10.3 Å². The largest absolute Gasteiger partial charge is 0.381 e. The van der Waals surface area contributed by atoms with Crippen molar-refractivity contribution in [2.24, 2.45) is 11.1 Å². The smallest absolute Gasteiger partial charge is 0.227 e. The van der Waals surface area contributed by atoms with Crippen LogP contribution in [0.2, 0.25) is 0 Å². The summed E-state index contributed by atoms with van der Waals surface area (Å²) < 4.78 is 5.28. The lowest BCUT2D eigenvalue weighted by molar-refractivity contribution is -0.136. The lowest BCUT2D eigenvalue weighted by Crippen LogP contribution is -2.49. The lowest BCUT2D eigenvalue weighted by atomic mass is 9.79. The van der Waals surface area contributed by atoms with Crippen molar-refractivity contribution in [3.63, 3.8) is 0 Å². The van der Waals surface area contributed by atoms with Crippen LogP contribution in [0.15, 0.2) is 10.9 Å². The van der Waals surface area contributed by atoms with Gasteiger partial charge in [-0.15, -0.1) is 11.3 Å². The van der Waals surface area contributed by atoms with Gasteiger partial charge in [0.25, 0.3) is 0 Å². The van der Waals surface area contributed by atoms with E-state index in [4.69, 9.17) is 10.5 Å². The summed E-state index contributed by atoms with van der Waals surface area (Å²) in [6.07, 6.45) is 1.40. The molecule has 0 atom stereocenters. The average molecular weight is 255 g/mol. The Labute approximate surface area is 104 Å². The molecule has 0 bridgehead atoms. The zero-order valence-electron chi connectivity index (χ0n) is 9.65. The molecule has 0 unspecified atom stereocenters. The quantitative estimate of drug-likeness (QED) is 0.822. The van der Waals surface area contributed by atoms with Gasteiger partial charge in [-0.3, -0.25) is 4.79 Å². The van der Waals surface area contributed by atoms with Gasteiger partial charge in [-0.05, 0) is 12.8 Å². The molecule has 2 heterocycles. The van der Waals surface area contributed by atoms with Crippen LogP contribution in [0.4, 0.5) is 0 Å². The van der Waals surface area contributed by atoms with Crippen LogP contribution in [0.1, 0.15) is 18.5 Å². The Morgan fingerprint density at radius 2 is 2.35 bits per heavy atom. The number of carbonyl (C=O) groups excluding carboxylic acids is 1. The summed E-state index contributed by atoms with van der Waals surface area (Å²) in [6, 6.07) is 0. The van der Waals surface area contributed by atoms with Crippen molar-refractivity contribution in [2.45, 2.75) is 19.4 Å². The van der Waals surface area contributed by atoms with Crippen LogP contribution in [-0.2, 0) is 16.1 Å². The molecule has 94 valence electrons. The maximum atomic E-state index is 12.2. The second kappa shape index (κ2) is 5.57. The van der Waals surface area contributed by atoms with Gasteiger partial charge < -0.3 is 15.8 Å². The summed E-state index contributed by atoms with van der Waals surface area (Å²) in [5, 5.41) is 4.85. The number of carbonyl (C=O) groups is 1. The molecule has 0 spiro atoms. The normalized spacial score (nSPS) is 18.9. The molecule has 5 nitrogen and oxygen atoms in total. The predicted octanol–water partition coefficient (Wildman–Crippen LogP) is 0.515. The highest BCUT2D eigenvalue weighted by Gasteiger charge is 2.38. The van der Waals surface area contributed by atoms with E-state index in [1.807, 2.05) is 5.38 Å². The van der Waals surface area contributed by atoms with E-state index in [2.05, 4.69) is 10.3 Å². The zero-order valence-corrected chi connectivity index (χ0v) is 10.5. The highest BCUT2D eigenvalue weighted by Crippen LogP contribution is 2.29. The fourth-order valence-electron chi connectivity index (χ4n) is 1.97. The Kier molecular flexibility index (Phi) is 4.09. The van der Waals surface area contributed by atoms with Gasteiger partial charge in [0.2, 0.25) is 5.91 Å². The number of hydrogen-bond acceptors (Lipinski definition) is 5. The lowest BCUT2D eigenvalue weighted by Gasteiger charge is -2.34. The van der Waals surface area contributed by atoms with Crippen LogP contribution in [0.5, 0.6) is 0 Å². The Morgan fingerprint density at radius 3 is 2.94 bits per heavy atom. The van der Waals surface area contributed by atoms with E-state index in [9.17, 15) is 4.79 Å². The molecule has 1 saturated heterocycles. The average Bonchev–Trinajstić information content (AvgIpc) is 2.90. The monoisotopic (exact) mass is 255 g/mol. The standard InChI is InChI=1S/C11H17N3O2S/c12-7-11(1-3-16-4-2-11)10(15)13-5-9-6-17-8-14-9/h6,8H,1-5,7,12H2,(H,13,15). The minimum Gasteiger partial charge on any atom is -0.381 e. The van der Waals surface area contributed by atoms with Crippen LogP contribution in [0.25, 0.3) is 0 Å². The van der Waals surface area contributed by atoms with Crippen molar-refractivity contribution in [1.29, 1.82) is 0 Å². The summed E-state index contributed by atoms with van der Waals surface area (Å²) >= 11 is 1.52. The SMILES string of the molecule is NCC1(C(=O)NCc2cscn2)CCOCC1. The maximum absolute atomic E-state index is 12.2. The third kappa shape index (κ3) is 2.83. The molecule has 17 heavy (non-hydrogen) atoms. The summed E-state index contributed by atoms with van der Waals surface area (Å²) in [5.74, 6) is 0.0244. The van der Waals surface area contributed by atoms with Gasteiger partial charge >= 0.3 is 0 Å². The van der Waals surface area contributed by atoms with E-state index in [0.717, 1.165) is 5.69 Å². The number of nitrogens with one attached hydrogen (secondary N) is 1. The van der Waals surface area contributed by atoms with Gasteiger partial charge in [0.05, 0.1) is 23.2 Å². The van der Waals surface area contributed by atoms with Crippen molar-refractivity contribution in [3.8, 4) is 0 Å². The summed E-state index contributed by atoms with van der Waals surface area (Å²) in [4.78, 5) is 16.3. The second-order valence-corrected chi connectivity index (χ2v) is 4.98. The molecule has 0 aromatic carbocycles. The molecule has 0 aliphatic carbocycles. The highest BCUT2D eigenvalue weighted by molar-refractivity contribution is 7.07. The topological polar surface area (TPSA) is 77.2 Å². The second-order valence-electron chi connectivity index (χ2n) is 4.26. The van der Waals surface area contributed by atoms with E-state index >= 15 is 0 Å². The maximum Gasteiger partial charge on any atom is 0.227 e. The van der Waals surface area contributed by atoms with Gasteiger partial charge in [0.1, 0.15) is 0 Å². The Balaban J connectivity index is 1.93. The molecule has 1 amide bonds. The van der Waals surface area contributed by atoms with Gasteiger partial charge in [0.15, 0.2) is 0 Å². The first-order valence-corrected chi connectivity index (χ1v) is 6.64. The Bertz CT molecular complexity index is 361. The van der Waals surface area contributed by atoms with Crippen LogP contribution < -0.4 is 11.1 Å². The molecule has 1 aromatic rings. The van der Waals surface area contributed by atoms with Gasteiger partial charge in [-0.2, -0.15) is 0 Å². The van der Waals surface area contributed by atoms with Gasteiger partial charge in [-0.1, -0.05) is 0 Å². The third-order valence-corrected chi connectivity index (χ3v) is 3.87. The van der Waals surface area contributed by atoms with Crippen LogP contribution >= 0.6 is 11.3 Å². The first kappa shape index (κ1) is 12.5. The number of nitrogens with zero attached hydrogens (tertiary/aromatic N) is 1. The third-order valence-electron chi connectivity index (χ3n) is 3.24. The van der Waals surface area contributed by atoms with Crippen LogP contribution in [0.3, 0.4) is 0 Å². The molecule has 1 aliphatic heterocycles. The van der Waals surface area contributed by atoms with Crippen molar-refractivity contribution in [2.75, 3.05) is 19.8 Å². The van der Waals surface area contributed by atoms with E-state index in [1.165, 1.54) is 11.3 Å². The summed E-state index contributed by atoms with van der Waals surface area (Å²) in [7, 11) is 0. The zero-order chi connectivity index (χ0) is 12.1.